The van der Waals surface area contributed by atoms with Gasteiger partial charge in [0.05, 0.1) is 12.8 Å². The molecule has 0 heterocycles. The second-order valence-electron chi connectivity index (χ2n) is 6.20. The highest BCUT2D eigenvalue weighted by molar-refractivity contribution is 9.10. The van der Waals surface area contributed by atoms with Gasteiger partial charge in [0.1, 0.15) is 5.70 Å². The summed E-state index contributed by atoms with van der Waals surface area (Å²) in [4.78, 5) is 24.8. The summed E-state index contributed by atoms with van der Waals surface area (Å²) >= 11 is 3.55. The molecule has 0 fully saturated rings. The zero-order chi connectivity index (χ0) is 21.3. The first-order valence-electron chi connectivity index (χ1n) is 9.13. The first-order valence-corrected chi connectivity index (χ1v) is 9.93. The van der Waals surface area contributed by atoms with Crippen molar-refractivity contribution >= 4 is 33.4 Å². The number of esters is 1. The highest BCUT2D eigenvalue weighted by Crippen LogP contribution is 2.20. The van der Waals surface area contributed by atoms with E-state index < -0.39 is 5.97 Å². The van der Waals surface area contributed by atoms with E-state index in [-0.39, 0.29) is 11.5 Å². The molecule has 5 nitrogen and oxygen atoms in total. The molecule has 0 spiro atoms. The van der Waals surface area contributed by atoms with Crippen LogP contribution in [0.15, 0.2) is 106 Å². The molecule has 0 saturated heterocycles. The van der Waals surface area contributed by atoms with Crippen molar-refractivity contribution < 1.29 is 14.3 Å². The van der Waals surface area contributed by atoms with E-state index in [1.807, 2.05) is 60.7 Å². The zero-order valence-corrected chi connectivity index (χ0v) is 17.8. The first-order chi connectivity index (χ1) is 14.6. The van der Waals surface area contributed by atoms with Crippen LogP contribution in [-0.4, -0.2) is 24.6 Å². The topological polar surface area (TPSA) is 67.8 Å². The highest BCUT2D eigenvalue weighted by atomic mass is 79.9. The minimum atomic E-state index is -0.692. The normalized spacial score (nSPS) is 11.7. The van der Waals surface area contributed by atoms with Crippen molar-refractivity contribution in [2.45, 2.75) is 0 Å². The van der Waals surface area contributed by atoms with Crippen molar-refractivity contribution in [1.29, 1.82) is 0 Å². The third-order valence-corrected chi connectivity index (χ3v) is 4.89. The van der Waals surface area contributed by atoms with Crippen LogP contribution >= 0.6 is 15.9 Å². The minimum absolute atomic E-state index is 0.0631. The summed E-state index contributed by atoms with van der Waals surface area (Å²) in [5.74, 6) is -1.02. The van der Waals surface area contributed by atoms with Crippen LogP contribution in [-0.2, 0) is 9.53 Å². The lowest BCUT2D eigenvalue weighted by molar-refractivity contribution is -0.136. The van der Waals surface area contributed by atoms with Crippen molar-refractivity contribution in [3.8, 4) is 0 Å². The number of methoxy groups -OCH3 is 1. The number of ether oxygens (including phenoxy) is 1. The van der Waals surface area contributed by atoms with Crippen LogP contribution < -0.4 is 5.43 Å². The SMILES string of the molecule is COC(=O)/C(=C\C(=O)c1ccccc1)N/N=C(/c1ccccc1)c1ccccc1Br. The van der Waals surface area contributed by atoms with Gasteiger partial charge in [-0.05, 0) is 6.07 Å². The Morgan fingerprint density at radius 1 is 0.867 bits per heavy atom. The predicted molar refractivity (Wildman–Crippen MR) is 120 cm³/mol. The molecule has 0 amide bonds. The monoisotopic (exact) mass is 462 g/mol. The van der Waals surface area contributed by atoms with E-state index in [0.717, 1.165) is 15.6 Å². The molecular formula is C24H19BrN2O3. The molecule has 0 aliphatic heterocycles. The lowest BCUT2D eigenvalue weighted by atomic mass is 10.0. The molecule has 30 heavy (non-hydrogen) atoms. The summed E-state index contributed by atoms with van der Waals surface area (Å²) in [5.41, 5.74) is 5.40. The van der Waals surface area contributed by atoms with Gasteiger partial charge in [0.2, 0.25) is 0 Å². The predicted octanol–water partition coefficient (Wildman–Crippen LogP) is 4.73. The smallest absolute Gasteiger partial charge is 0.356 e. The van der Waals surface area contributed by atoms with Gasteiger partial charge >= 0.3 is 5.97 Å². The summed E-state index contributed by atoms with van der Waals surface area (Å²) in [6, 6.07) is 25.8. The van der Waals surface area contributed by atoms with Crippen LogP contribution in [0.25, 0.3) is 0 Å². The Balaban J connectivity index is 2.00. The van der Waals surface area contributed by atoms with E-state index in [2.05, 4.69) is 26.5 Å². The molecule has 0 atom stereocenters. The second-order valence-corrected chi connectivity index (χ2v) is 7.05. The van der Waals surface area contributed by atoms with Crippen LogP contribution in [0, 0.1) is 0 Å². The number of benzene rings is 3. The fourth-order valence-corrected chi connectivity index (χ4v) is 3.18. The highest BCUT2D eigenvalue weighted by Gasteiger charge is 2.15. The van der Waals surface area contributed by atoms with Gasteiger partial charge in [-0.1, -0.05) is 94.8 Å². The van der Waals surface area contributed by atoms with Gasteiger partial charge in [0.25, 0.3) is 0 Å². The average molecular weight is 463 g/mol. The molecule has 150 valence electrons. The maximum absolute atomic E-state index is 12.5. The Labute approximate surface area is 183 Å². The zero-order valence-electron chi connectivity index (χ0n) is 16.2. The number of hydrogen-bond donors (Lipinski definition) is 1. The molecule has 0 unspecified atom stereocenters. The van der Waals surface area contributed by atoms with E-state index in [9.17, 15) is 9.59 Å². The Morgan fingerprint density at radius 2 is 1.43 bits per heavy atom. The minimum Gasteiger partial charge on any atom is -0.464 e. The van der Waals surface area contributed by atoms with Gasteiger partial charge in [0, 0.05) is 27.2 Å². The quantitative estimate of drug-likeness (QED) is 0.181. The maximum atomic E-state index is 12.5. The van der Waals surface area contributed by atoms with Crippen LogP contribution in [0.3, 0.4) is 0 Å². The molecule has 3 aromatic carbocycles. The summed E-state index contributed by atoms with van der Waals surface area (Å²) < 4.78 is 5.66. The summed E-state index contributed by atoms with van der Waals surface area (Å²) in [6.45, 7) is 0. The molecular weight excluding hydrogens is 444 g/mol. The largest absolute Gasteiger partial charge is 0.464 e. The maximum Gasteiger partial charge on any atom is 0.356 e. The van der Waals surface area contributed by atoms with Crippen molar-refractivity contribution in [2.24, 2.45) is 5.10 Å². The average Bonchev–Trinajstić information content (AvgIpc) is 2.80. The fourth-order valence-electron chi connectivity index (χ4n) is 2.71. The number of ketones is 1. The van der Waals surface area contributed by atoms with E-state index in [1.54, 1.807) is 24.3 Å². The van der Waals surface area contributed by atoms with Crippen molar-refractivity contribution in [2.75, 3.05) is 7.11 Å². The van der Waals surface area contributed by atoms with Crippen molar-refractivity contribution in [3.05, 3.63) is 118 Å². The molecule has 3 aromatic rings. The third kappa shape index (κ3) is 5.30. The van der Waals surface area contributed by atoms with Crippen LogP contribution in [0.2, 0.25) is 0 Å². The lowest BCUT2D eigenvalue weighted by Crippen LogP contribution is -2.21. The number of hydrogen-bond acceptors (Lipinski definition) is 5. The molecule has 1 N–H and O–H groups in total. The first kappa shape index (κ1) is 21.2. The van der Waals surface area contributed by atoms with E-state index in [1.165, 1.54) is 13.2 Å². The Hall–Kier alpha value is -3.51. The van der Waals surface area contributed by atoms with Gasteiger partial charge in [-0.25, -0.2) is 4.79 Å². The number of allylic oxidation sites excluding steroid dienone is 1. The molecule has 0 bridgehead atoms. The summed E-state index contributed by atoms with van der Waals surface area (Å²) in [7, 11) is 1.25. The number of halogens is 1. The van der Waals surface area contributed by atoms with Crippen LogP contribution in [0.1, 0.15) is 21.5 Å². The van der Waals surface area contributed by atoms with Gasteiger partial charge in [-0.3, -0.25) is 10.2 Å². The molecule has 0 aliphatic rings. The summed E-state index contributed by atoms with van der Waals surface area (Å²) in [5, 5.41) is 4.46. The number of rotatable bonds is 7. The van der Waals surface area contributed by atoms with Gasteiger partial charge in [0.15, 0.2) is 5.78 Å². The van der Waals surface area contributed by atoms with Gasteiger partial charge in [-0.2, -0.15) is 5.10 Å². The van der Waals surface area contributed by atoms with Gasteiger partial charge in [-0.15, -0.1) is 0 Å². The Kier molecular flexibility index (Phi) is 7.29. The molecule has 0 saturated carbocycles. The van der Waals surface area contributed by atoms with E-state index >= 15 is 0 Å². The van der Waals surface area contributed by atoms with Crippen molar-refractivity contribution in [1.82, 2.24) is 5.43 Å². The number of carbonyl (C=O) groups is 2. The third-order valence-electron chi connectivity index (χ3n) is 4.20. The van der Waals surface area contributed by atoms with Crippen molar-refractivity contribution in [3.63, 3.8) is 0 Å². The Morgan fingerprint density at radius 3 is 2.03 bits per heavy atom. The molecule has 3 rings (SSSR count). The van der Waals surface area contributed by atoms with E-state index in [0.29, 0.717) is 11.3 Å². The molecule has 0 aromatic heterocycles. The lowest BCUT2D eigenvalue weighted by Gasteiger charge is -2.11. The van der Waals surface area contributed by atoms with E-state index in [4.69, 9.17) is 4.74 Å². The Bertz CT molecular complexity index is 1090. The number of nitrogens with zero attached hydrogens (tertiary/aromatic N) is 1. The van der Waals surface area contributed by atoms with Gasteiger partial charge < -0.3 is 4.74 Å². The van der Waals surface area contributed by atoms with Crippen LogP contribution in [0.5, 0.6) is 0 Å². The number of nitrogens with one attached hydrogen (secondary N) is 1. The number of carbonyl (C=O) groups excluding carboxylic acids is 2. The fraction of sp³-hybridized carbons (Fsp3) is 0.0417. The molecule has 0 aliphatic carbocycles. The second kappa shape index (κ2) is 10.3. The standard InChI is InChI=1S/C24H19BrN2O3/c1-30-24(29)21(16-22(28)17-10-4-2-5-11-17)26-27-23(18-12-6-3-7-13-18)19-14-8-9-15-20(19)25/h2-16,26H,1H3/b21-16+,27-23-. The number of hydrazone groups is 1. The summed E-state index contributed by atoms with van der Waals surface area (Å²) in [6.07, 6.45) is 1.19. The molecule has 6 heteroatoms. The molecule has 0 radical (unpaired) electrons. The van der Waals surface area contributed by atoms with Crippen LogP contribution in [0.4, 0.5) is 0 Å².